The van der Waals surface area contributed by atoms with E-state index in [2.05, 4.69) is 9.53 Å². The zero-order valence-corrected chi connectivity index (χ0v) is 7.89. The van der Waals surface area contributed by atoms with E-state index in [-0.39, 0.29) is 26.1 Å². The lowest BCUT2D eigenvalue weighted by Gasteiger charge is -1.96. The average Bonchev–Trinajstić information content (AvgIpc) is 2.16. The summed E-state index contributed by atoms with van der Waals surface area (Å²) in [6.07, 6.45) is 0.173. The van der Waals surface area contributed by atoms with Crippen LogP contribution in [-0.2, 0) is 14.3 Å². The molecule has 14 heavy (non-hydrogen) atoms. The Hall–Kier alpha value is -1.52. The first-order valence-electron chi connectivity index (χ1n) is 4.20. The number of aliphatic hydroxyl groups is 1. The number of esters is 1. The highest BCUT2D eigenvalue weighted by molar-refractivity contribution is 6.62. The highest BCUT2D eigenvalue weighted by Gasteiger charge is 2.29. The molecule has 0 aromatic carbocycles. The molecular formula is C8H12N2O4. The molecule has 0 aromatic rings. The number of aliphatic hydroxyl groups excluding tert-OH is 1. The minimum atomic E-state index is -0.946. The Morgan fingerprint density at radius 2 is 2.14 bits per heavy atom. The number of hydrogen-bond donors (Lipinski definition) is 1. The summed E-state index contributed by atoms with van der Waals surface area (Å²) in [6, 6.07) is 0. The Bertz CT molecular complexity index is 269. The summed E-state index contributed by atoms with van der Waals surface area (Å²) < 4.78 is 4.48. The highest BCUT2D eigenvalue weighted by Crippen LogP contribution is 1.93. The van der Waals surface area contributed by atoms with E-state index in [1.165, 1.54) is 0 Å². The summed E-state index contributed by atoms with van der Waals surface area (Å²) in [7, 11) is 0. The maximum absolute atomic E-state index is 11.1. The van der Waals surface area contributed by atoms with Crippen molar-refractivity contribution in [2.75, 3.05) is 13.2 Å². The Morgan fingerprint density at radius 1 is 1.50 bits per heavy atom. The predicted molar refractivity (Wildman–Crippen MR) is 46.6 cm³/mol. The molecule has 0 aliphatic carbocycles. The Labute approximate surface area is 81.1 Å². The lowest BCUT2D eigenvalue weighted by atomic mass is 10.1. The normalized spacial score (nSPS) is 9.00. The fraction of sp³-hybridized carbons (Fsp3) is 0.625. The molecule has 0 saturated carbocycles. The van der Waals surface area contributed by atoms with Crippen LogP contribution in [0.4, 0.5) is 0 Å². The van der Waals surface area contributed by atoms with Crippen molar-refractivity contribution in [1.82, 2.24) is 0 Å². The van der Waals surface area contributed by atoms with Crippen molar-refractivity contribution in [3.63, 3.8) is 0 Å². The molecule has 6 nitrogen and oxygen atoms in total. The van der Waals surface area contributed by atoms with Crippen molar-refractivity contribution >= 4 is 17.5 Å². The maximum atomic E-state index is 11.1. The fourth-order valence-electron chi connectivity index (χ4n) is 0.768. The Kier molecular flexibility index (Phi) is 6.19. The van der Waals surface area contributed by atoms with E-state index in [4.69, 9.17) is 10.6 Å². The van der Waals surface area contributed by atoms with Gasteiger partial charge < -0.3 is 15.4 Å². The molecule has 0 atom stereocenters. The van der Waals surface area contributed by atoms with E-state index >= 15 is 0 Å². The molecule has 78 valence electrons. The van der Waals surface area contributed by atoms with E-state index in [0.717, 1.165) is 0 Å². The predicted octanol–water partition coefficient (Wildman–Crippen LogP) is -0.438. The van der Waals surface area contributed by atoms with Crippen LogP contribution in [0.2, 0.25) is 0 Å². The van der Waals surface area contributed by atoms with Crippen molar-refractivity contribution in [2.45, 2.75) is 19.8 Å². The van der Waals surface area contributed by atoms with E-state index in [0.29, 0.717) is 0 Å². The van der Waals surface area contributed by atoms with E-state index in [1.54, 1.807) is 6.92 Å². The van der Waals surface area contributed by atoms with Gasteiger partial charge in [-0.15, -0.1) is 0 Å². The van der Waals surface area contributed by atoms with Gasteiger partial charge in [0.15, 0.2) is 0 Å². The lowest BCUT2D eigenvalue weighted by Crippen LogP contribution is -2.27. The maximum Gasteiger partial charge on any atom is 0.441 e. The van der Waals surface area contributed by atoms with Crippen molar-refractivity contribution in [1.29, 1.82) is 0 Å². The fourth-order valence-corrected chi connectivity index (χ4v) is 0.768. The first-order valence-corrected chi connectivity index (χ1v) is 4.20. The SMILES string of the molecule is CCOC(=O)C(=[N+]=[N-])C(=O)CCCO. The number of ether oxygens (including phenoxy) is 1. The van der Waals surface area contributed by atoms with Crippen molar-refractivity contribution < 1.29 is 24.2 Å². The van der Waals surface area contributed by atoms with E-state index in [9.17, 15) is 9.59 Å². The summed E-state index contributed by atoms with van der Waals surface area (Å²) in [5.41, 5.74) is 7.77. The molecule has 0 unspecified atom stereocenters. The molecule has 0 rings (SSSR count). The Balaban J connectivity index is 4.35. The molecule has 0 heterocycles. The van der Waals surface area contributed by atoms with Crippen molar-refractivity contribution in [2.24, 2.45) is 0 Å². The van der Waals surface area contributed by atoms with Crippen LogP contribution < -0.4 is 0 Å². The average molecular weight is 200 g/mol. The van der Waals surface area contributed by atoms with Gasteiger partial charge in [-0.2, -0.15) is 4.79 Å². The van der Waals surface area contributed by atoms with Crippen LogP contribution in [0.5, 0.6) is 0 Å². The van der Waals surface area contributed by atoms with Crippen LogP contribution in [0.15, 0.2) is 0 Å². The number of ketones is 1. The van der Waals surface area contributed by atoms with Crippen LogP contribution in [-0.4, -0.2) is 40.6 Å². The second-order valence-corrected chi connectivity index (χ2v) is 2.42. The number of carbonyl (C=O) groups excluding carboxylic acids is 2. The van der Waals surface area contributed by atoms with Crippen molar-refractivity contribution in [3.8, 4) is 0 Å². The molecule has 0 aromatic heterocycles. The molecule has 0 radical (unpaired) electrons. The minimum Gasteiger partial charge on any atom is -0.457 e. The van der Waals surface area contributed by atoms with E-state index < -0.39 is 17.5 Å². The minimum absolute atomic E-state index is 0.0469. The molecule has 0 saturated heterocycles. The smallest absolute Gasteiger partial charge is 0.441 e. The second-order valence-electron chi connectivity index (χ2n) is 2.42. The van der Waals surface area contributed by atoms with Gasteiger partial charge >= 0.3 is 11.7 Å². The van der Waals surface area contributed by atoms with Gasteiger partial charge in [-0.05, 0) is 13.3 Å². The molecule has 0 amide bonds. The van der Waals surface area contributed by atoms with Crippen LogP contribution in [0.1, 0.15) is 19.8 Å². The van der Waals surface area contributed by atoms with Gasteiger partial charge in [0.1, 0.15) is 0 Å². The van der Waals surface area contributed by atoms with Gasteiger partial charge in [0, 0.05) is 13.0 Å². The lowest BCUT2D eigenvalue weighted by molar-refractivity contribution is -0.141. The Morgan fingerprint density at radius 3 is 2.57 bits per heavy atom. The monoisotopic (exact) mass is 200 g/mol. The molecule has 6 heteroatoms. The molecule has 1 N–H and O–H groups in total. The standard InChI is InChI=1S/C8H12N2O4/c1-2-14-8(13)7(10-9)6(12)4-3-5-11/h11H,2-5H2,1H3. The van der Waals surface area contributed by atoms with E-state index in [1.807, 2.05) is 0 Å². The summed E-state index contributed by atoms with van der Waals surface area (Å²) >= 11 is 0. The third-order valence-electron chi connectivity index (χ3n) is 1.39. The molecular weight excluding hydrogens is 188 g/mol. The van der Waals surface area contributed by atoms with Gasteiger partial charge in [0.25, 0.3) is 5.78 Å². The molecule has 0 aliphatic heterocycles. The zero-order chi connectivity index (χ0) is 11.0. The third kappa shape index (κ3) is 3.93. The topological polar surface area (TPSA) is 100 Å². The highest BCUT2D eigenvalue weighted by atomic mass is 16.5. The largest absolute Gasteiger partial charge is 0.457 e. The molecule has 0 aliphatic rings. The van der Waals surface area contributed by atoms with Crippen LogP contribution in [0, 0.1) is 0 Å². The van der Waals surface area contributed by atoms with Gasteiger partial charge in [-0.1, -0.05) is 0 Å². The van der Waals surface area contributed by atoms with Gasteiger partial charge in [0.2, 0.25) is 0 Å². The number of rotatable bonds is 6. The molecule has 0 spiro atoms. The number of hydrogen-bond acceptors (Lipinski definition) is 4. The number of Topliss-reactive ketones (excluding diaryl/α,β-unsaturated/α-hetero) is 1. The van der Waals surface area contributed by atoms with Crippen molar-refractivity contribution in [3.05, 3.63) is 5.53 Å². The van der Waals surface area contributed by atoms with Gasteiger partial charge in [-0.3, -0.25) is 4.79 Å². The van der Waals surface area contributed by atoms with Crippen LogP contribution in [0.25, 0.3) is 5.53 Å². The summed E-state index contributed by atoms with van der Waals surface area (Å²) in [4.78, 5) is 24.7. The second kappa shape index (κ2) is 6.94. The zero-order valence-electron chi connectivity index (χ0n) is 7.89. The van der Waals surface area contributed by atoms with Gasteiger partial charge in [0.05, 0.1) is 6.61 Å². The first kappa shape index (κ1) is 12.5. The van der Waals surface area contributed by atoms with Crippen LogP contribution >= 0.6 is 0 Å². The summed E-state index contributed by atoms with van der Waals surface area (Å²) in [6.45, 7) is 1.52. The number of nitrogens with zero attached hydrogens (tertiary/aromatic N) is 2. The molecule has 0 fully saturated rings. The van der Waals surface area contributed by atoms with Gasteiger partial charge in [-0.25, -0.2) is 4.79 Å². The first-order chi connectivity index (χ1) is 6.67. The molecule has 0 bridgehead atoms. The summed E-state index contributed by atoms with van der Waals surface area (Å²) in [5, 5.41) is 8.44. The third-order valence-corrected chi connectivity index (χ3v) is 1.39. The summed E-state index contributed by atoms with van der Waals surface area (Å²) in [5.74, 6) is -1.59. The van der Waals surface area contributed by atoms with Crippen LogP contribution in [0.3, 0.4) is 0 Å². The number of carbonyl (C=O) groups is 2. The quantitative estimate of drug-likeness (QED) is 0.206.